The molecule has 0 atom stereocenters. The van der Waals surface area contributed by atoms with Crippen LogP contribution in [-0.4, -0.2) is 32.6 Å². The third kappa shape index (κ3) is 3.50. The highest BCUT2D eigenvalue weighted by Crippen LogP contribution is 2.26. The highest BCUT2D eigenvalue weighted by molar-refractivity contribution is 5.56. The molecule has 1 aromatic heterocycles. The lowest BCUT2D eigenvalue weighted by Crippen LogP contribution is -2.24. The molecule has 1 saturated carbocycles. The first-order chi connectivity index (χ1) is 9.06. The van der Waals surface area contributed by atoms with Gasteiger partial charge in [-0.2, -0.15) is 4.98 Å². The molecule has 0 unspecified atom stereocenters. The van der Waals surface area contributed by atoms with Crippen LogP contribution >= 0.6 is 0 Å². The molecule has 1 fully saturated rings. The minimum Gasteiger partial charge on any atom is -0.393 e. The molecule has 0 radical (unpaired) electrons. The zero-order valence-corrected chi connectivity index (χ0v) is 10.5. The zero-order chi connectivity index (χ0) is 13.8. The first kappa shape index (κ1) is 13.5. The van der Waals surface area contributed by atoms with Gasteiger partial charge in [0.2, 0.25) is 11.8 Å². The van der Waals surface area contributed by atoms with Crippen LogP contribution in [0.4, 0.5) is 17.5 Å². The van der Waals surface area contributed by atoms with Gasteiger partial charge in [-0.15, -0.1) is 0 Å². The summed E-state index contributed by atoms with van der Waals surface area (Å²) in [6, 6.07) is 0. The lowest BCUT2D eigenvalue weighted by atomic mass is 9.87. The first-order valence-corrected chi connectivity index (χ1v) is 6.25. The molecule has 0 saturated heterocycles. The second kappa shape index (κ2) is 5.79. The molecule has 1 aromatic rings. The minimum atomic E-state index is -0.535. The summed E-state index contributed by atoms with van der Waals surface area (Å²) in [7, 11) is 0. The number of aromatic nitrogens is 2. The Balaban J connectivity index is 1.98. The molecule has 8 heteroatoms. The number of nitrogens with zero attached hydrogens (tertiary/aromatic N) is 3. The van der Waals surface area contributed by atoms with E-state index in [1.54, 1.807) is 0 Å². The Labute approximate surface area is 110 Å². The molecule has 4 N–H and O–H groups in total. The third-order valence-corrected chi connectivity index (χ3v) is 3.36. The molecule has 2 rings (SSSR count). The van der Waals surface area contributed by atoms with Crippen LogP contribution in [-0.2, 0) is 0 Å². The highest BCUT2D eigenvalue weighted by Gasteiger charge is 2.21. The molecule has 19 heavy (non-hydrogen) atoms. The zero-order valence-electron chi connectivity index (χ0n) is 10.5. The number of nitrogens with two attached hydrogens (primary N) is 1. The van der Waals surface area contributed by atoms with Gasteiger partial charge in [0.05, 0.1) is 11.0 Å². The van der Waals surface area contributed by atoms with Gasteiger partial charge in [0.1, 0.15) is 6.20 Å². The summed E-state index contributed by atoms with van der Waals surface area (Å²) < 4.78 is 0. The fourth-order valence-corrected chi connectivity index (χ4v) is 2.24. The smallest absolute Gasteiger partial charge is 0.329 e. The molecule has 0 bridgehead atoms. The first-order valence-electron chi connectivity index (χ1n) is 6.25. The van der Waals surface area contributed by atoms with Gasteiger partial charge in [0.25, 0.3) is 0 Å². The third-order valence-electron chi connectivity index (χ3n) is 3.36. The molecular weight excluding hydrogens is 250 g/mol. The van der Waals surface area contributed by atoms with Gasteiger partial charge in [-0.25, -0.2) is 4.98 Å². The average molecular weight is 267 g/mol. The number of hydrogen-bond donors (Lipinski definition) is 3. The number of nitro groups is 1. The summed E-state index contributed by atoms with van der Waals surface area (Å²) in [6.45, 7) is 0.587. The Bertz CT molecular complexity index is 460. The topological polar surface area (TPSA) is 127 Å². The Morgan fingerprint density at radius 2 is 2.16 bits per heavy atom. The normalized spacial score (nSPS) is 23.0. The van der Waals surface area contributed by atoms with Crippen molar-refractivity contribution >= 4 is 17.5 Å². The summed E-state index contributed by atoms with van der Waals surface area (Å²) >= 11 is 0. The van der Waals surface area contributed by atoms with Gasteiger partial charge < -0.3 is 16.2 Å². The number of rotatable bonds is 4. The van der Waals surface area contributed by atoms with Crippen molar-refractivity contribution in [3.63, 3.8) is 0 Å². The SMILES string of the molecule is Nc1ncc([N+](=O)[O-])c(NCC2CCC(O)CC2)n1. The molecule has 0 spiro atoms. The van der Waals surface area contributed by atoms with Gasteiger partial charge in [-0.05, 0) is 31.6 Å². The van der Waals surface area contributed by atoms with Crippen LogP contribution in [0.3, 0.4) is 0 Å². The fraction of sp³-hybridized carbons (Fsp3) is 0.636. The number of nitrogens with one attached hydrogen (secondary N) is 1. The quantitative estimate of drug-likeness (QED) is 0.547. The molecular formula is C11H17N5O3. The number of nitrogen functional groups attached to an aromatic ring is 1. The van der Waals surface area contributed by atoms with Crippen LogP contribution in [0.25, 0.3) is 0 Å². The largest absolute Gasteiger partial charge is 0.393 e. The van der Waals surface area contributed by atoms with E-state index >= 15 is 0 Å². The Kier molecular flexibility index (Phi) is 4.10. The van der Waals surface area contributed by atoms with Crippen LogP contribution in [0.1, 0.15) is 25.7 Å². The molecule has 1 aliphatic carbocycles. The van der Waals surface area contributed by atoms with Crippen LogP contribution in [0, 0.1) is 16.0 Å². The molecule has 0 aromatic carbocycles. The van der Waals surface area contributed by atoms with Gasteiger partial charge in [0.15, 0.2) is 0 Å². The monoisotopic (exact) mass is 267 g/mol. The van der Waals surface area contributed by atoms with E-state index < -0.39 is 4.92 Å². The predicted octanol–water partition coefficient (Wildman–Crippen LogP) is 0.930. The van der Waals surface area contributed by atoms with E-state index in [2.05, 4.69) is 15.3 Å². The number of hydrogen-bond acceptors (Lipinski definition) is 7. The van der Waals surface area contributed by atoms with Crippen LogP contribution in [0.5, 0.6) is 0 Å². The van der Waals surface area contributed by atoms with Crippen LogP contribution in [0.2, 0.25) is 0 Å². The van der Waals surface area contributed by atoms with E-state index in [0.717, 1.165) is 31.9 Å². The molecule has 0 aliphatic heterocycles. The molecule has 1 heterocycles. The number of aliphatic hydroxyl groups is 1. The maximum atomic E-state index is 10.8. The van der Waals surface area contributed by atoms with Gasteiger partial charge >= 0.3 is 5.69 Å². The van der Waals surface area contributed by atoms with Crippen molar-refractivity contribution in [1.82, 2.24) is 9.97 Å². The second-order valence-corrected chi connectivity index (χ2v) is 4.77. The van der Waals surface area contributed by atoms with Crippen molar-refractivity contribution < 1.29 is 10.0 Å². The van der Waals surface area contributed by atoms with Crippen molar-refractivity contribution in [2.45, 2.75) is 31.8 Å². The Morgan fingerprint density at radius 1 is 1.47 bits per heavy atom. The summed E-state index contributed by atoms with van der Waals surface area (Å²) in [6.07, 6.45) is 4.27. The fourth-order valence-electron chi connectivity index (χ4n) is 2.24. The summed E-state index contributed by atoms with van der Waals surface area (Å²) in [4.78, 5) is 17.8. The standard InChI is InChI=1S/C11H17N5O3/c12-11-14-6-9(16(18)19)10(15-11)13-5-7-1-3-8(17)4-2-7/h6-8,17H,1-5H2,(H3,12,13,14,15). The molecule has 104 valence electrons. The summed E-state index contributed by atoms with van der Waals surface area (Å²) in [5, 5.41) is 23.2. The van der Waals surface area contributed by atoms with Gasteiger partial charge in [-0.1, -0.05) is 0 Å². The molecule has 0 amide bonds. The highest BCUT2D eigenvalue weighted by atomic mass is 16.6. The van der Waals surface area contributed by atoms with Gasteiger partial charge in [-0.3, -0.25) is 10.1 Å². The van der Waals surface area contributed by atoms with Crippen molar-refractivity contribution in [3.05, 3.63) is 16.3 Å². The van der Waals surface area contributed by atoms with Crippen molar-refractivity contribution in [2.75, 3.05) is 17.6 Å². The molecule has 1 aliphatic rings. The lowest BCUT2D eigenvalue weighted by molar-refractivity contribution is -0.384. The average Bonchev–Trinajstić information content (AvgIpc) is 2.38. The number of anilines is 2. The van der Waals surface area contributed by atoms with Crippen molar-refractivity contribution in [1.29, 1.82) is 0 Å². The van der Waals surface area contributed by atoms with E-state index in [1.807, 2.05) is 0 Å². The predicted molar refractivity (Wildman–Crippen MR) is 69.6 cm³/mol. The van der Waals surface area contributed by atoms with E-state index in [-0.39, 0.29) is 23.6 Å². The second-order valence-electron chi connectivity index (χ2n) is 4.77. The van der Waals surface area contributed by atoms with Crippen molar-refractivity contribution in [2.24, 2.45) is 5.92 Å². The van der Waals surface area contributed by atoms with E-state index in [0.29, 0.717) is 12.5 Å². The number of aliphatic hydroxyl groups excluding tert-OH is 1. The van der Waals surface area contributed by atoms with E-state index in [9.17, 15) is 15.2 Å². The van der Waals surface area contributed by atoms with E-state index in [4.69, 9.17) is 5.73 Å². The maximum Gasteiger partial charge on any atom is 0.329 e. The molecule has 8 nitrogen and oxygen atoms in total. The van der Waals surface area contributed by atoms with Crippen LogP contribution in [0.15, 0.2) is 6.20 Å². The summed E-state index contributed by atoms with van der Waals surface area (Å²) in [5.41, 5.74) is 5.26. The van der Waals surface area contributed by atoms with Crippen molar-refractivity contribution in [3.8, 4) is 0 Å². The van der Waals surface area contributed by atoms with Crippen LogP contribution < -0.4 is 11.1 Å². The van der Waals surface area contributed by atoms with Gasteiger partial charge in [0, 0.05) is 6.54 Å². The lowest BCUT2D eigenvalue weighted by Gasteiger charge is -2.25. The maximum absolute atomic E-state index is 10.8. The summed E-state index contributed by atoms with van der Waals surface area (Å²) in [5.74, 6) is 0.551. The van der Waals surface area contributed by atoms with E-state index in [1.165, 1.54) is 0 Å². The minimum absolute atomic E-state index is 0.00664. The Morgan fingerprint density at radius 3 is 2.79 bits per heavy atom. The Hall–Kier alpha value is -1.96.